The maximum Gasteiger partial charge on any atom is 0.137 e. The Labute approximate surface area is 121 Å². The van der Waals surface area contributed by atoms with Crippen molar-refractivity contribution in [3.05, 3.63) is 35.4 Å². The Morgan fingerprint density at radius 2 is 2.10 bits per heavy atom. The molecule has 0 spiro atoms. The first kappa shape index (κ1) is 15.2. The lowest BCUT2D eigenvalue weighted by molar-refractivity contribution is -0.123. The topological polar surface area (TPSA) is 52.3 Å². The Morgan fingerprint density at radius 3 is 2.80 bits per heavy atom. The van der Waals surface area contributed by atoms with E-state index in [2.05, 4.69) is 32.9 Å². The Hall–Kier alpha value is -1.19. The molecule has 3 nitrogen and oxygen atoms in total. The summed E-state index contributed by atoms with van der Waals surface area (Å²) in [5.74, 6) is 0.189. The minimum absolute atomic E-state index is 0.0407. The van der Waals surface area contributed by atoms with Gasteiger partial charge < -0.3 is 10.5 Å². The van der Waals surface area contributed by atoms with E-state index in [1.54, 1.807) is 0 Å². The van der Waals surface area contributed by atoms with Crippen LogP contribution in [0, 0.1) is 5.41 Å². The van der Waals surface area contributed by atoms with Gasteiger partial charge in [0.05, 0.1) is 12.7 Å². The summed E-state index contributed by atoms with van der Waals surface area (Å²) in [6, 6.07) is 8.13. The average molecular weight is 275 g/mol. The van der Waals surface area contributed by atoms with Gasteiger partial charge in [-0.15, -0.1) is 0 Å². The first-order valence-corrected chi connectivity index (χ1v) is 7.34. The number of fused-ring (bicyclic) bond motifs is 1. The minimum Gasteiger partial charge on any atom is -0.373 e. The number of rotatable bonds is 4. The Morgan fingerprint density at radius 1 is 1.40 bits per heavy atom. The largest absolute Gasteiger partial charge is 0.373 e. The summed E-state index contributed by atoms with van der Waals surface area (Å²) >= 11 is 0. The highest BCUT2D eigenvalue weighted by atomic mass is 16.5. The lowest BCUT2D eigenvalue weighted by atomic mass is 9.83. The highest BCUT2D eigenvalue weighted by Crippen LogP contribution is 2.30. The van der Waals surface area contributed by atoms with Crippen molar-refractivity contribution in [3.63, 3.8) is 0 Å². The van der Waals surface area contributed by atoms with E-state index in [1.807, 2.05) is 12.1 Å². The van der Waals surface area contributed by atoms with Gasteiger partial charge in [0.25, 0.3) is 0 Å². The summed E-state index contributed by atoms with van der Waals surface area (Å²) in [7, 11) is 0. The van der Waals surface area contributed by atoms with E-state index in [1.165, 1.54) is 5.56 Å². The lowest BCUT2D eigenvalue weighted by Gasteiger charge is -2.28. The van der Waals surface area contributed by atoms with Crippen molar-refractivity contribution in [1.82, 2.24) is 0 Å². The van der Waals surface area contributed by atoms with E-state index < -0.39 is 0 Å². The molecule has 0 bridgehead atoms. The van der Waals surface area contributed by atoms with E-state index in [0.717, 1.165) is 12.0 Å². The number of ether oxygens (including phenoxy) is 1. The second-order valence-electron chi connectivity index (χ2n) is 6.73. The third-order valence-electron chi connectivity index (χ3n) is 4.07. The van der Waals surface area contributed by atoms with Crippen LogP contribution in [0.4, 0.5) is 0 Å². The quantitative estimate of drug-likeness (QED) is 0.919. The maximum atomic E-state index is 12.2. The van der Waals surface area contributed by atoms with Crippen LogP contribution in [-0.2, 0) is 16.0 Å². The molecule has 2 atom stereocenters. The van der Waals surface area contributed by atoms with Crippen molar-refractivity contribution in [2.45, 2.75) is 52.2 Å². The molecule has 20 heavy (non-hydrogen) atoms. The lowest BCUT2D eigenvalue weighted by Crippen LogP contribution is -2.37. The zero-order chi connectivity index (χ0) is 14.8. The predicted molar refractivity (Wildman–Crippen MR) is 80.5 cm³/mol. The number of carbonyl (C=O) groups is 1. The molecule has 1 aromatic rings. The van der Waals surface area contributed by atoms with Crippen molar-refractivity contribution in [2.75, 3.05) is 6.61 Å². The van der Waals surface area contributed by atoms with Crippen LogP contribution >= 0.6 is 0 Å². The van der Waals surface area contributed by atoms with Crippen molar-refractivity contribution < 1.29 is 9.53 Å². The van der Waals surface area contributed by atoms with Gasteiger partial charge in [-0.05, 0) is 23.0 Å². The molecule has 1 aliphatic heterocycles. The van der Waals surface area contributed by atoms with Crippen LogP contribution in [-0.4, -0.2) is 18.4 Å². The number of benzene rings is 1. The van der Waals surface area contributed by atoms with Gasteiger partial charge in [0.1, 0.15) is 5.78 Å². The molecule has 0 aromatic heterocycles. The summed E-state index contributed by atoms with van der Waals surface area (Å²) in [5, 5.41) is 0. The number of hydrogen-bond acceptors (Lipinski definition) is 3. The molecule has 1 aromatic carbocycles. The summed E-state index contributed by atoms with van der Waals surface area (Å²) in [6.07, 6.45) is 1.69. The summed E-state index contributed by atoms with van der Waals surface area (Å²) in [5.41, 5.74) is 8.51. The van der Waals surface area contributed by atoms with Crippen molar-refractivity contribution in [2.24, 2.45) is 11.1 Å². The first-order chi connectivity index (χ1) is 9.38. The zero-order valence-corrected chi connectivity index (χ0v) is 12.7. The molecule has 2 rings (SSSR count). The molecule has 1 heterocycles. The average Bonchev–Trinajstić information content (AvgIpc) is 2.38. The standard InChI is InChI=1S/C17H25NO2/c1-17(2,3)16(18)11-13(19)10-15-14-7-5-4-6-12(14)8-9-20-15/h4-7,15-16H,8-11,18H2,1-3H3. The smallest absolute Gasteiger partial charge is 0.137 e. The third-order valence-corrected chi connectivity index (χ3v) is 4.07. The summed E-state index contributed by atoms with van der Waals surface area (Å²) in [4.78, 5) is 12.2. The minimum atomic E-state index is -0.103. The van der Waals surface area contributed by atoms with Crippen LogP contribution in [0.1, 0.15) is 50.8 Å². The van der Waals surface area contributed by atoms with Gasteiger partial charge in [-0.1, -0.05) is 45.0 Å². The van der Waals surface area contributed by atoms with Gasteiger partial charge >= 0.3 is 0 Å². The molecular weight excluding hydrogens is 250 g/mol. The van der Waals surface area contributed by atoms with E-state index in [-0.39, 0.29) is 23.3 Å². The third kappa shape index (κ3) is 3.68. The highest BCUT2D eigenvalue weighted by molar-refractivity contribution is 5.79. The first-order valence-electron chi connectivity index (χ1n) is 7.34. The fourth-order valence-corrected chi connectivity index (χ4v) is 2.49. The van der Waals surface area contributed by atoms with Gasteiger partial charge in [-0.3, -0.25) is 4.79 Å². The molecule has 0 radical (unpaired) electrons. The van der Waals surface area contributed by atoms with Crippen molar-refractivity contribution in [1.29, 1.82) is 0 Å². The molecule has 1 aliphatic rings. The molecule has 2 N–H and O–H groups in total. The van der Waals surface area contributed by atoms with Gasteiger partial charge in [0, 0.05) is 18.9 Å². The zero-order valence-electron chi connectivity index (χ0n) is 12.7. The monoisotopic (exact) mass is 275 g/mol. The number of ketones is 1. The SMILES string of the molecule is CC(C)(C)C(N)CC(=O)CC1OCCc2ccccc21. The van der Waals surface area contributed by atoms with E-state index in [0.29, 0.717) is 19.4 Å². The van der Waals surface area contributed by atoms with Gasteiger partial charge in [-0.2, -0.15) is 0 Å². The molecule has 0 amide bonds. The number of hydrogen-bond donors (Lipinski definition) is 1. The highest BCUT2D eigenvalue weighted by Gasteiger charge is 2.27. The Bertz CT molecular complexity index is 476. The van der Waals surface area contributed by atoms with Crippen molar-refractivity contribution >= 4 is 5.78 Å². The summed E-state index contributed by atoms with van der Waals surface area (Å²) in [6.45, 7) is 6.90. The molecule has 0 fully saturated rings. The van der Waals surface area contributed by atoms with Crippen LogP contribution in [0.25, 0.3) is 0 Å². The van der Waals surface area contributed by atoms with Crippen molar-refractivity contribution in [3.8, 4) is 0 Å². The molecular formula is C17H25NO2. The van der Waals surface area contributed by atoms with Crippen LogP contribution in [0.2, 0.25) is 0 Å². The van der Waals surface area contributed by atoms with Gasteiger partial charge in [-0.25, -0.2) is 0 Å². The van der Waals surface area contributed by atoms with Gasteiger partial charge in [0.15, 0.2) is 0 Å². The summed E-state index contributed by atoms with van der Waals surface area (Å²) < 4.78 is 5.78. The van der Waals surface area contributed by atoms with E-state index in [4.69, 9.17) is 10.5 Å². The molecule has 0 aliphatic carbocycles. The molecule has 0 saturated carbocycles. The van der Waals surface area contributed by atoms with Crippen LogP contribution < -0.4 is 5.73 Å². The molecule has 0 saturated heterocycles. The number of carbonyl (C=O) groups excluding carboxylic acids is 1. The molecule has 2 unspecified atom stereocenters. The maximum absolute atomic E-state index is 12.2. The van der Waals surface area contributed by atoms with Crippen LogP contribution in [0.15, 0.2) is 24.3 Å². The molecule has 110 valence electrons. The van der Waals surface area contributed by atoms with Crippen LogP contribution in [0.3, 0.4) is 0 Å². The van der Waals surface area contributed by atoms with E-state index >= 15 is 0 Å². The normalized spacial score (nSPS) is 20.3. The van der Waals surface area contributed by atoms with E-state index in [9.17, 15) is 4.79 Å². The second-order valence-corrected chi connectivity index (χ2v) is 6.73. The Balaban J connectivity index is 1.99. The predicted octanol–water partition coefficient (Wildman–Crippen LogP) is 3.02. The molecule has 3 heteroatoms. The fraction of sp³-hybridized carbons (Fsp3) is 0.588. The van der Waals surface area contributed by atoms with Gasteiger partial charge in [0.2, 0.25) is 0 Å². The Kier molecular flexibility index (Phi) is 4.61. The second kappa shape index (κ2) is 6.06. The van der Waals surface area contributed by atoms with Crippen LogP contribution in [0.5, 0.6) is 0 Å². The number of nitrogens with two attached hydrogens (primary N) is 1. The fourth-order valence-electron chi connectivity index (χ4n) is 2.49. The number of Topliss-reactive ketones (excluding diaryl/α,β-unsaturated/α-hetero) is 1.